The van der Waals surface area contributed by atoms with Gasteiger partial charge in [0.1, 0.15) is 5.84 Å². The third-order valence-electron chi connectivity index (χ3n) is 0.689. The van der Waals surface area contributed by atoms with Gasteiger partial charge in [0.25, 0.3) is 0 Å². The van der Waals surface area contributed by atoms with Gasteiger partial charge >= 0.3 is 0 Å². The molecule has 54 valence electrons. The quantitative estimate of drug-likeness (QED) is 0.335. The molecule has 0 aliphatic heterocycles. The Morgan fingerprint density at radius 3 is 2.89 bits per heavy atom. The Morgan fingerprint density at radius 2 is 2.44 bits per heavy atom. The summed E-state index contributed by atoms with van der Waals surface area (Å²) >= 11 is 1.61. The maximum absolute atomic E-state index is 6.85. The normalized spacial score (nSPS) is 9.44. The minimum Gasteiger partial charge on any atom is -0.387 e. The van der Waals surface area contributed by atoms with Crippen LogP contribution in [0.1, 0.15) is 0 Å². The number of nitrogens with two attached hydrogens (primary N) is 1. The maximum atomic E-state index is 6.85. The Kier molecular flexibility index (Phi) is 5.76. The number of rotatable bonds is 5. The SMILES string of the molecule is COCCSCC(=N)N. The van der Waals surface area contributed by atoms with Gasteiger partial charge in [-0.2, -0.15) is 11.8 Å². The molecule has 0 atom stereocenters. The van der Waals surface area contributed by atoms with Crippen LogP contribution in [-0.4, -0.2) is 31.1 Å². The third kappa shape index (κ3) is 7.78. The minimum absolute atomic E-state index is 0.233. The van der Waals surface area contributed by atoms with Crippen molar-refractivity contribution in [2.24, 2.45) is 5.73 Å². The van der Waals surface area contributed by atoms with Crippen molar-refractivity contribution in [1.82, 2.24) is 0 Å². The van der Waals surface area contributed by atoms with E-state index < -0.39 is 0 Å². The lowest BCUT2D eigenvalue weighted by Gasteiger charge is -1.96. The van der Waals surface area contributed by atoms with Crippen LogP contribution in [0.5, 0.6) is 0 Å². The fourth-order valence-electron chi connectivity index (χ4n) is 0.324. The number of nitrogens with one attached hydrogen (secondary N) is 1. The molecule has 0 fully saturated rings. The number of thioether (sulfide) groups is 1. The number of hydrogen-bond donors (Lipinski definition) is 2. The molecule has 9 heavy (non-hydrogen) atoms. The maximum Gasteiger partial charge on any atom is 0.101 e. The fourth-order valence-corrected chi connectivity index (χ4v) is 0.973. The van der Waals surface area contributed by atoms with Crippen LogP contribution in [0, 0.1) is 5.41 Å². The van der Waals surface area contributed by atoms with Crippen LogP contribution >= 0.6 is 11.8 Å². The zero-order valence-electron chi connectivity index (χ0n) is 5.52. The zero-order valence-corrected chi connectivity index (χ0v) is 6.33. The molecule has 0 aromatic rings. The van der Waals surface area contributed by atoms with Crippen LogP contribution in [0.2, 0.25) is 0 Å². The molecule has 0 aliphatic carbocycles. The Bertz CT molecular complexity index is 87.0. The molecule has 0 unspecified atom stereocenters. The summed E-state index contributed by atoms with van der Waals surface area (Å²) in [7, 11) is 1.66. The van der Waals surface area contributed by atoms with E-state index in [4.69, 9.17) is 15.9 Å². The highest BCUT2D eigenvalue weighted by Gasteiger charge is 1.88. The Balaban J connectivity index is 2.83. The number of ether oxygens (including phenoxy) is 1. The molecule has 0 saturated carbocycles. The van der Waals surface area contributed by atoms with E-state index in [-0.39, 0.29) is 5.84 Å². The van der Waals surface area contributed by atoms with Crippen LogP contribution in [0.25, 0.3) is 0 Å². The summed E-state index contributed by atoms with van der Waals surface area (Å²) in [5.41, 5.74) is 5.10. The zero-order chi connectivity index (χ0) is 7.11. The monoisotopic (exact) mass is 148 g/mol. The molecule has 0 amide bonds. The summed E-state index contributed by atoms with van der Waals surface area (Å²) in [5, 5.41) is 6.85. The van der Waals surface area contributed by atoms with Gasteiger partial charge < -0.3 is 10.5 Å². The van der Waals surface area contributed by atoms with Crippen molar-refractivity contribution < 1.29 is 4.74 Å². The van der Waals surface area contributed by atoms with Crippen LogP contribution in [-0.2, 0) is 4.74 Å². The second-order valence-corrected chi connectivity index (χ2v) is 2.68. The van der Waals surface area contributed by atoms with E-state index in [1.54, 1.807) is 18.9 Å². The van der Waals surface area contributed by atoms with E-state index in [9.17, 15) is 0 Å². The van der Waals surface area contributed by atoms with Crippen LogP contribution < -0.4 is 5.73 Å². The predicted octanol–water partition coefficient (Wildman–Crippen LogP) is 0.302. The van der Waals surface area contributed by atoms with Gasteiger partial charge in [-0.25, -0.2) is 0 Å². The second-order valence-electron chi connectivity index (χ2n) is 1.57. The van der Waals surface area contributed by atoms with E-state index in [0.717, 1.165) is 12.4 Å². The molecule has 0 bridgehead atoms. The molecule has 0 aromatic heterocycles. The Labute approximate surface area is 59.5 Å². The summed E-state index contributed by atoms with van der Waals surface area (Å²) in [6.07, 6.45) is 0. The Hall–Kier alpha value is -0.220. The number of methoxy groups -OCH3 is 1. The summed E-state index contributed by atoms with van der Waals surface area (Å²) < 4.78 is 4.79. The first kappa shape index (κ1) is 8.78. The van der Waals surface area contributed by atoms with Gasteiger partial charge in [0.2, 0.25) is 0 Å². The van der Waals surface area contributed by atoms with Crippen molar-refractivity contribution in [3.63, 3.8) is 0 Å². The summed E-state index contributed by atoms with van der Waals surface area (Å²) in [6.45, 7) is 0.734. The molecule has 0 spiro atoms. The lowest BCUT2D eigenvalue weighted by molar-refractivity contribution is 0.218. The molecule has 0 rings (SSSR count). The first-order chi connectivity index (χ1) is 4.27. The third-order valence-corrected chi connectivity index (χ3v) is 1.66. The fraction of sp³-hybridized carbons (Fsp3) is 0.800. The summed E-state index contributed by atoms with van der Waals surface area (Å²) in [4.78, 5) is 0. The smallest absolute Gasteiger partial charge is 0.101 e. The molecule has 0 heterocycles. The van der Waals surface area contributed by atoms with Crippen molar-refractivity contribution in [1.29, 1.82) is 5.41 Å². The highest BCUT2D eigenvalue weighted by Crippen LogP contribution is 1.96. The van der Waals surface area contributed by atoms with Gasteiger partial charge in [0.05, 0.1) is 12.4 Å². The lowest BCUT2D eigenvalue weighted by Crippen LogP contribution is -2.12. The number of amidine groups is 1. The van der Waals surface area contributed by atoms with E-state index in [1.807, 2.05) is 0 Å². The first-order valence-electron chi connectivity index (χ1n) is 2.67. The highest BCUT2D eigenvalue weighted by molar-refractivity contribution is 7.99. The van der Waals surface area contributed by atoms with Crippen molar-refractivity contribution >= 4 is 17.6 Å². The van der Waals surface area contributed by atoms with Gasteiger partial charge in [0, 0.05) is 12.9 Å². The van der Waals surface area contributed by atoms with Gasteiger partial charge in [-0.05, 0) is 0 Å². The second kappa shape index (κ2) is 5.91. The highest BCUT2D eigenvalue weighted by atomic mass is 32.2. The van der Waals surface area contributed by atoms with Crippen molar-refractivity contribution in [3.8, 4) is 0 Å². The minimum atomic E-state index is 0.233. The molecular formula is C5H12N2OS. The van der Waals surface area contributed by atoms with Crippen LogP contribution in [0.15, 0.2) is 0 Å². The standard InChI is InChI=1S/C5H12N2OS/c1-8-2-3-9-4-5(6)7/h2-4H2,1H3,(H3,6,7). The Morgan fingerprint density at radius 1 is 1.78 bits per heavy atom. The van der Waals surface area contributed by atoms with Gasteiger partial charge in [-0.1, -0.05) is 0 Å². The molecule has 3 N–H and O–H groups in total. The topological polar surface area (TPSA) is 59.1 Å². The molecule has 0 aromatic carbocycles. The van der Waals surface area contributed by atoms with Gasteiger partial charge in [0.15, 0.2) is 0 Å². The van der Waals surface area contributed by atoms with Gasteiger partial charge in [-0.3, -0.25) is 5.41 Å². The molecular weight excluding hydrogens is 136 g/mol. The van der Waals surface area contributed by atoms with Crippen molar-refractivity contribution in [2.75, 3.05) is 25.2 Å². The largest absolute Gasteiger partial charge is 0.387 e. The summed E-state index contributed by atoms with van der Waals surface area (Å²) in [5.74, 6) is 1.76. The van der Waals surface area contributed by atoms with E-state index in [2.05, 4.69) is 0 Å². The molecule has 4 heteroatoms. The van der Waals surface area contributed by atoms with Gasteiger partial charge in [-0.15, -0.1) is 0 Å². The van der Waals surface area contributed by atoms with E-state index in [1.165, 1.54) is 0 Å². The average Bonchev–Trinajstić information content (AvgIpc) is 1.80. The predicted molar refractivity (Wildman–Crippen MR) is 41.1 cm³/mol. The molecule has 0 radical (unpaired) electrons. The first-order valence-corrected chi connectivity index (χ1v) is 3.82. The number of hydrogen-bond acceptors (Lipinski definition) is 3. The van der Waals surface area contributed by atoms with E-state index >= 15 is 0 Å². The molecule has 0 aliphatic rings. The average molecular weight is 148 g/mol. The van der Waals surface area contributed by atoms with E-state index in [0.29, 0.717) is 5.75 Å². The van der Waals surface area contributed by atoms with Crippen LogP contribution in [0.4, 0.5) is 0 Å². The summed E-state index contributed by atoms with van der Waals surface area (Å²) in [6, 6.07) is 0. The van der Waals surface area contributed by atoms with Crippen LogP contribution in [0.3, 0.4) is 0 Å². The molecule has 0 saturated heterocycles. The lowest BCUT2D eigenvalue weighted by atomic mass is 10.7. The molecule has 3 nitrogen and oxygen atoms in total. The van der Waals surface area contributed by atoms with Crippen molar-refractivity contribution in [2.45, 2.75) is 0 Å². The van der Waals surface area contributed by atoms with Crippen molar-refractivity contribution in [3.05, 3.63) is 0 Å².